The van der Waals surface area contributed by atoms with Gasteiger partial charge in [-0.25, -0.2) is 14.3 Å². The Bertz CT molecular complexity index is 1590. The molecule has 2 atom stereocenters. The van der Waals surface area contributed by atoms with E-state index in [0.29, 0.717) is 37.7 Å². The normalized spacial score (nSPS) is 12.7. The highest BCUT2D eigenvalue weighted by Crippen LogP contribution is 2.46. The van der Waals surface area contributed by atoms with E-state index in [9.17, 15) is 9.59 Å². The number of hydrogen-bond donors (Lipinski definition) is 2. The van der Waals surface area contributed by atoms with Crippen LogP contribution in [0.2, 0.25) is 0 Å². The van der Waals surface area contributed by atoms with Crippen LogP contribution in [0.5, 0.6) is 11.5 Å². The van der Waals surface area contributed by atoms with Crippen LogP contribution in [-0.4, -0.2) is 86.8 Å². The van der Waals surface area contributed by atoms with Gasteiger partial charge in [0.25, 0.3) is 8.53 Å². The second-order valence-corrected chi connectivity index (χ2v) is 16.2. The molecule has 57 heavy (non-hydrogen) atoms. The van der Waals surface area contributed by atoms with Gasteiger partial charge in [0.05, 0.1) is 53.1 Å². The SMILES string of the molecule is COc1ccc(C(OCC(CNC(=O)NCCCCCCOP(OCCC#N)N(C(C)C)C(C)C)OC(=O)C(Cl)Cl)(c2ccccc2)c2ccc(OC)cc2)cc1. The summed E-state index contributed by atoms with van der Waals surface area (Å²) >= 11 is 11.8. The maximum atomic E-state index is 12.9. The van der Waals surface area contributed by atoms with Crippen molar-refractivity contribution in [2.45, 2.75) is 88.4 Å². The van der Waals surface area contributed by atoms with Crippen molar-refractivity contribution in [2.24, 2.45) is 0 Å². The second-order valence-electron chi connectivity index (χ2n) is 13.6. The van der Waals surface area contributed by atoms with E-state index in [-0.39, 0.29) is 25.2 Å². The first-order valence-electron chi connectivity index (χ1n) is 19.2. The molecule has 2 N–H and O–H groups in total. The van der Waals surface area contributed by atoms with E-state index < -0.39 is 37.1 Å². The van der Waals surface area contributed by atoms with Gasteiger partial charge in [-0.15, -0.1) is 0 Å². The Balaban J connectivity index is 1.64. The van der Waals surface area contributed by atoms with Crippen LogP contribution in [0.1, 0.15) is 76.5 Å². The molecule has 0 spiro atoms. The molecule has 2 unspecified atom stereocenters. The Morgan fingerprint density at radius 2 is 1.32 bits per heavy atom. The number of methoxy groups -OCH3 is 2. The van der Waals surface area contributed by atoms with Crippen LogP contribution in [0, 0.1) is 11.3 Å². The Morgan fingerprint density at radius 1 is 0.772 bits per heavy atom. The molecule has 0 bridgehead atoms. The first kappa shape index (κ1) is 47.7. The summed E-state index contributed by atoms with van der Waals surface area (Å²) in [5.41, 5.74) is 1.20. The molecule has 0 aliphatic rings. The van der Waals surface area contributed by atoms with Crippen molar-refractivity contribution >= 4 is 43.7 Å². The zero-order valence-electron chi connectivity index (χ0n) is 33.7. The van der Waals surface area contributed by atoms with E-state index in [1.165, 1.54) is 0 Å². The van der Waals surface area contributed by atoms with Crippen molar-refractivity contribution in [1.29, 1.82) is 5.26 Å². The third-order valence-electron chi connectivity index (χ3n) is 8.83. The highest BCUT2D eigenvalue weighted by molar-refractivity contribution is 7.44. The van der Waals surface area contributed by atoms with Gasteiger partial charge in [0, 0.05) is 18.6 Å². The Hall–Kier alpha value is -3.66. The maximum absolute atomic E-state index is 12.9. The number of rotatable bonds is 26. The lowest BCUT2D eigenvalue weighted by Crippen LogP contribution is -2.45. The predicted octanol–water partition coefficient (Wildman–Crippen LogP) is 8.88. The molecule has 312 valence electrons. The van der Waals surface area contributed by atoms with Gasteiger partial charge in [0.2, 0.25) is 4.84 Å². The maximum Gasteiger partial charge on any atom is 0.339 e. The predicted molar refractivity (Wildman–Crippen MR) is 225 cm³/mol. The number of carbonyl (C=O) groups excluding carboxylic acids is 2. The zero-order chi connectivity index (χ0) is 41.6. The van der Waals surface area contributed by atoms with Gasteiger partial charge in [-0.2, -0.15) is 5.26 Å². The Morgan fingerprint density at radius 3 is 1.84 bits per heavy atom. The number of unbranched alkanes of at least 4 members (excludes halogenated alkanes) is 3. The van der Waals surface area contributed by atoms with Gasteiger partial charge in [-0.3, -0.25) is 0 Å². The summed E-state index contributed by atoms with van der Waals surface area (Å²) in [6.07, 6.45) is 2.75. The summed E-state index contributed by atoms with van der Waals surface area (Å²) in [4.78, 5) is 24.1. The van der Waals surface area contributed by atoms with Crippen molar-refractivity contribution in [2.75, 3.05) is 47.1 Å². The minimum absolute atomic E-state index is 0.0747. The largest absolute Gasteiger partial charge is 0.497 e. The lowest BCUT2D eigenvalue weighted by atomic mass is 9.80. The summed E-state index contributed by atoms with van der Waals surface area (Å²) in [5, 5.41) is 14.6. The van der Waals surface area contributed by atoms with Gasteiger partial charge < -0.3 is 38.6 Å². The van der Waals surface area contributed by atoms with Crippen molar-refractivity contribution in [1.82, 2.24) is 15.3 Å². The minimum atomic E-state index is -1.43. The van der Waals surface area contributed by atoms with E-state index >= 15 is 0 Å². The standard InChI is InChI=1S/C42H57Cl2N4O8P/c1-31(2)48(32(3)4)57(55-28-14-25-45)54-27-13-8-7-12-26-46-41(50)47-29-38(56-40(49)39(43)44)30-53-42(33-15-10-9-11-16-33,34-17-21-36(51-5)22-18-34)35-19-23-37(52-6)24-20-35/h9-11,15-24,31-32,38-39H,7-8,12-14,26-30H2,1-6H3,(H2,46,47,50). The molecular formula is C42H57Cl2N4O8P. The summed E-state index contributed by atoms with van der Waals surface area (Å²) in [7, 11) is 1.93. The van der Waals surface area contributed by atoms with Crippen LogP contribution >= 0.6 is 31.7 Å². The number of benzene rings is 3. The van der Waals surface area contributed by atoms with Crippen molar-refractivity contribution in [3.63, 3.8) is 0 Å². The number of nitrogens with zero attached hydrogens (tertiary/aromatic N) is 2. The summed E-state index contributed by atoms with van der Waals surface area (Å²) in [6, 6.07) is 26.9. The monoisotopic (exact) mass is 846 g/mol. The highest BCUT2D eigenvalue weighted by Gasteiger charge is 2.39. The summed E-state index contributed by atoms with van der Waals surface area (Å²) < 4.78 is 37.7. The molecule has 0 aliphatic carbocycles. The van der Waals surface area contributed by atoms with Gasteiger partial charge in [0.1, 0.15) is 23.2 Å². The molecule has 0 saturated heterocycles. The van der Waals surface area contributed by atoms with Gasteiger partial charge in [0.15, 0.2) is 0 Å². The molecular weight excluding hydrogens is 790 g/mol. The molecule has 12 nitrogen and oxygen atoms in total. The van der Waals surface area contributed by atoms with Gasteiger partial charge in [-0.1, -0.05) is 90.6 Å². The van der Waals surface area contributed by atoms with Crippen molar-refractivity contribution in [3.8, 4) is 17.6 Å². The molecule has 3 aromatic carbocycles. The van der Waals surface area contributed by atoms with Crippen LogP contribution in [0.15, 0.2) is 78.9 Å². The smallest absolute Gasteiger partial charge is 0.339 e. The lowest BCUT2D eigenvalue weighted by molar-refractivity contribution is -0.152. The summed E-state index contributed by atoms with van der Waals surface area (Å²) in [6.45, 7) is 9.54. The van der Waals surface area contributed by atoms with E-state index in [4.69, 9.17) is 56.5 Å². The third kappa shape index (κ3) is 15.2. The Kier molecular flexibility index (Phi) is 21.5. The number of halogens is 2. The minimum Gasteiger partial charge on any atom is -0.497 e. The first-order chi connectivity index (χ1) is 27.5. The fourth-order valence-electron chi connectivity index (χ4n) is 6.15. The number of amides is 2. The third-order valence-corrected chi connectivity index (χ3v) is 11.3. The number of urea groups is 1. The fourth-order valence-corrected chi connectivity index (χ4v) is 7.88. The molecule has 0 saturated carbocycles. The van der Waals surface area contributed by atoms with E-state index in [1.807, 2.05) is 78.9 Å². The van der Waals surface area contributed by atoms with Gasteiger partial charge >= 0.3 is 12.0 Å². The number of hydrogen-bond acceptors (Lipinski definition) is 10. The topological polar surface area (TPSA) is 141 Å². The van der Waals surface area contributed by atoms with Crippen molar-refractivity contribution in [3.05, 3.63) is 95.6 Å². The van der Waals surface area contributed by atoms with Crippen LogP contribution in [0.3, 0.4) is 0 Å². The molecule has 2 amide bonds. The van der Waals surface area contributed by atoms with Crippen LogP contribution in [-0.2, 0) is 28.9 Å². The van der Waals surface area contributed by atoms with Crippen LogP contribution < -0.4 is 20.1 Å². The van der Waals surface area contributed by atoms with E-state index in [2.05, 4.69) is 49.1 Å². The molecule has 3 aromatic rings. The molecule has 0 radical (unpaired) electrons. The molecule has 0 heterocycles. The average Bonchev–Trinajstić information content (AvgIpc) is 3.21. The number of ether oxygens (including phenoxy) is 4. The van der Waals surface area contributed by atoms with Crippen LogP contribution in [0.25, 0.3) is 0 Å². The first-order valence-corrected chi connectivity index (χ1v) is 21.2. The lowest BCUT2D eigenvalue weighted by Gasteiger charge is -2.37. The zero-order valence-corrected chi connectivity index (χ0v) is 36.2. The average molecular weight is 848 g/mol. The quantitative estimate of drug-likeness (QED) is 0.0265. The highest BCUT2D eigenvalue weighted by atomic mass is 35.5. The summed E-state index contributed by atoms with van der Waals surface area (Å²) in [5.74, 6) is 0.482. The van der Waals surface area contributed by atoms with Gasteiger partial charge in [-0.05, 0) is 81.5 Å². The molecule has 3 rings (SSSR count). The Labute approximate surface area is 349 Å². The number of nitriles is 1. The fraction of sp³-hybridized carbons (Fsp3) is 0.500. The molecule has 15 heteroatoms. The molecule has 0 aromatic heterocycles. The number of alkyl halides is 2. The number of nitrogens with one attached hydrogen (secondary N) is 2. The second kappa shape index (κ2) is 25.6. The van der Waals surface area contributed by atoms with E-state index in [1.54, 1.807) is 14.2 Å². The van der Waals surface area contributed by atoms with Crippen LogP contribution in [0.4, 0.5) is 4.79 Å². The molecule has 0 fully saturated rings. The molecule has 0 aliphatic heterocycles. The number of carbonyl (C=O) groups is 2. The van der Waals surface area contributed by atoms with E-state index in [0.717, 1.165) is 42.4 Å². The van der Waals surface area contributed by atoms with Crippen molar-refractivity contribution < 1.29 is 37.6 Å². The number of esters is 1.